The van der Waals surface area contributed by atoms with Gasteiger partial charge >= 0.3 is 20.2 Å². The summed E-state index contributed by atoms with van der Waals surface area (Å²) in [4.78, 5) is 22.6. The van der Waals surface area contributed by atoms with Crippen molar-refractivity contribution in [2.75, 3.05) is 0 Å². The predicted octanol–water partition coefficient (Wildman–Crippen LogP) is 4.70. The first-order valence-electron chi connectivity index (χ1n) is 9.17. The molecule has 0 amide bonds. The van der Waals surface area contributed by atoms with Gasteiger partial charge in [0.15, 0.2) is 0 Å². The smallest absolute Gasteiger partial charge is 0.393 e. The van der Waals surface area contributed by atoms with Crippen molar-refractivity contribution in [3.63, 3.8) is 0 Å². The van der Waals surface area contributed by atoms with Crippen LogP contribution in [0.4, 0.5) is 0 Å². The third kappa shape index (κ3) is 9.26. The maximum absolute atomic E-state index is 12.3. The van der Waals surface area contributed by atoms with Crippen molar-refractivity contribution >= 4 is 20.2 Å². The summed E-state index contributed by atoms with van der Waals surface area (Å²) in [5, 5.41) is 0. The second-order valence-corrected chi connectivity index (χ2v) is 6.98. The molecule has 0 unspecified atom stereocenters. The molecular formula is C22H23O7P. The fourth-order valence-electron chi connectivity index (χ4n) is 2.31. The summed E-state index contributed by atoms with van der Waals surface area (Å²) in [6, 6.07) is 18.7. The van der Waals surface area contributed by atoms with Crippen LogP contribution in [0.25, 0.3) is 0 Å². The van der Waals surface area contributed by atoms with Gasteiger partial charge < -0.3 is 18.5 Å². The number of carbonyl (C=O) groups is 2. The van der Waals surface area contributed by atoms with Crippen molar-refractivity contribution in [1.82, 2.24) is 0 Å². The highest BCUT2D eigenvalue weighted by molar-refractivity contribution is 7.33. The van der Waals surface area contributed by atoms with Gasteiger partial charge in [0, 0.05) is 26.0 Å². The Morgan fingerprint density at radius 1 is 0.733 bits per heavy atom. The minimum atomic E-state index is -3.23. The molecule has 0 aromatic heterocycles. The van der Waals surface area contributed by atoms with Crippen molar-refractivity contribution in [2.45, 2.75) is 26.7 Å². The van der Waals surface area contributed by atoms with Gasteiger partial charge in [-0.2, -0.15) is 0 Å². The molecule has 0 N–H and O–H groups in total. The molecule has 2 aromatic carbocycles. The molecule has 0 fully saturated rings. The third-order valence-electron chi connectivity index (χ3n) is 3.55. The quantitative estimate of drug-likeness (QED) is 0.307. The Morgan fingerprint density at radius 2 is 1.10 bits per heavy atom. The number of esters is 2. The molecule has 0 aliphatic carbocycles. The number of hydrogen-bond donors (Lipinski definition) is 0. The molecular weight excluding hydrogens is 407 g/mol. The van der Waals surface area contributed by atoms with Gasteiger partial charge in [-0.25, -0.2) is 4.57 Å². The molecule has 0 bridgehead atoms. The Balaban J connectivity index is 2.05. The fraction of sp³-hybridized carbons (Fsp3) is 0.182. The molecule has 0 saturated carbocycles. The molecule has 158 valence electrons. The minimum Gasteiger partial charge on any atom is -0.393 e. The maximum Gasteiger partial charge on any atom is 0.423 e. The molecule has 2 rings (SSSR count). The number of ether oxygens (including phenoxy) is 2. The van der Waals surface area contributed by atoms with Crippen LogP contribution < -0.4 is 0 Å². The summed E-state index contributed by atoms with van der Waals surface area (Å²) < 4.78 is 32.5. The van der Waals surface area contributed by atoms with E-state index < -0.39 is 20.2 Å². The Kier molecular flexibility index (Phi) is 9.42. The summed E-state index contributed by atoms with van der Waals surface area (Å²) in [5.74, 6) is -1.77. The molecule has 0 heterocycles. The zero-order chi connectivity index (χ0) is 21.8. The van der Waals surface area contributed by atoms with Crippen LogP contribution in [0, 0.1) is 0 Å². The second kappa shape index (κ2) is 12.3. The molecule has 0 atom stereocenters. The summed E-state index contributed by atoms with van der Waals surface area (Å²) in [6.45, 7) is 2.39. The Morgan fingerprint density at radius 3 is 1.43 bits per heavy atom. The third-order valence-corrected chi connectivity index (χ3v) is 4.29. The first-order valence-corrected chi connectivity index (χ1v) is 10.4. The summed E-state index contributed by atoms with van der Waals surface area (Å²) in [7, 11) is -3.23. The molecule has 7 nitrogen and oxygen atoms in total. The zero-order valence-electron chi connectivity index (χ0n) is 16.7. The van der Waals surface area contributed by atoms with Crippen molar-refractivity contribution in [1.29, 1.82) is 0 Å². The lowest BCUT2D eigenvalue weighted by molar-refractivity contribution is -0.140. The standard InChI is InChI=1S/C22H23O7P/c1-17(23)26-21(15-13-19-9-5-3-6-10-19)28-30(25)29-22(27-18(2)24)16-14-20-11-7-4-8-12-20/h3-12,15-16,30H,13-14H2,1-2H3/b21-15-,22-16-. The SMILES string of the molecule is CC(=O)O/C(=C/Cc1ccccc1)O[PH](=O)O/C(=C\Cc1ccccc1)OC(C)=O. The normalized spacial score (nSPS) is 12.6. The lowest BCUT2D eigenvalue weighted by atomic mass is 10.1. The van der Waals surface area contributed by atoms with Crippen LogP contribution in [0.15, 0.2) is 84.7 Å². The van der Waals surface area contributed by atoms with Crippen LogP contribution in [0.2, 0.25) is 0 Å². The van der Waals surface area contributed by atoms with Crippen LogP contribution in [0.1, 0.15) is 25.0 Å². The van der Waals surface area contributed by atoms with Gasteiger partial charge in [-0.15, -0.1) is 0 Å². The molecule has 0 radical (unpaired) electrons. The van der Waals surface area contributed by atoms with Gasteiger partial charge in [-0.05, 0) is 24.0 Å². The van der Waals surface area contributed by atoms with E-state index in [2.05, 4.69) is 0 Å². The van der Waals surface area contributed by atoms with Crippen molar-refractivity contribution < 1.29 is 32.7 Å². The van der Waals surface area contributed by atoms with E-state index in [1.54, 1.807) is 0 Å². The Bertz CT molecular complexity index is 846. The number of benzene rings is 2. The lowest BCUT2D eigenvalue weighted by Crippen LogP contribution is -2.03. The molecule has 0 aliphatic heterocycles. The van der Waals surface area contributed by atoms with E-state index in [4.69, 9.17) is 18.5 Å². The highest BCUT2D eigenvalue weighted by Gasteiger charge is 2.14. The van der Waals surface area contributed by atoms with Gasteiger partial charge in [-0.1, -0.05) is 60.7 Å². The summed E-state index contributed by atoms with van der Waals surface area (Å²) >= 11 is 0. The van der Waals surface area contributed by atoms with E-state index in [9.17, 15) is 14.2 Å². The predicted molar refractivity (Wildman–Crippen MR) is 111 cm³/mol. The minimum absolute atomic E-state index is 0.250. The first kappa shape index (κ1) is 23.0. The van der Waals surface area contributed by atoms with Crippen LogP contribution in [-0.2, 0) is 45.5 Å². The van der Waals surface area contributed by atoms with E-state index in [-0.39, 0.29) is 11.9 Å². The van der Waals surface area contributed by atoms with Crippen molar-refractivity contribution in [3.8, 4) is 0 Å². The van der Waals surface area contributed by atoms with Gasteiger partial charge in [0.1, 0.15) is 0 Å². The van der Waals surface area contributed by atoms with Gasteiger partial charge in [-0.3, -0.25) is 9.59 Å². The monoisotopic (exact) mass is 430 g/mol. The second-order valence-electron chi connectivity index (χ2n) is 6.07. The van der Waals surface area contributed by atoms with E-state index in [0.717, 1.165) is 11.1 Å². The van der Waals surface area contributed by atoms with Crippen LogP contribution >= 0.6 is 8.25 Å². The molecule has 8 heteroatoms. The van der Waals surface area contributed by atoms with Crippen LogP contribution in [0.5, 0.6) is 0 Å². The zero-order valence-corrected chi connectivity index (χ0v) is 17.7. The van der Waals surface area contributed by atoms with E-state index in [1.807, 2.05) is 60.7 Å². The van der Waals surface area contributed by atoms with Crippen molar-refractivity contribution in [2.24, 2.45) is 0 Å². The summed E-state index contributed by atoms with van der Waals surface area (Å²) in [5.41, 5.74) is 1.88. The van der Waals surface area contributed by atoms with Gasteiger partial charge in [0.2, 0.25) is 0 Å². The van der Waals surface area contributed by atoms with E-state index in [0.29, 0.717) is 12.8 Å². The highest BCUT2D eigenvalue weighted by atomic mass is 31.1. The van der Waals surface area contributed by atoms with Gasteiger partial charge in [0.25, 0.3) is 11.9 Å². The Hall–Kier alpha value is -3.31. The fourth-order valence-corrected chi connectivity index (χ4v) is 2.93. The molecule has 0 spiro atoms. The largest absolute Gasteiger partial charge is 0.423 e. The number of allylic oxidation sites excluding steroid dienone is 2. The van der Waals surface area contributed by atoms with Crippen molar-refractivity contribution in [3.05, 3.63) is 95.8 Å². The van der Waals surface area contributed by atoms with Gasteiger partial charge in [0.05, 0.1) is 0 Å². The molecule has 30 heavy (non-hydrogen) atoms. The topological polar surface area (TPSA) is 88.1 Å². The maximum atomic E-state index is 12.3. The van der Waals surface area contributed by atoms with E-state index in [1.165, 1.54) is 26.0 Å². The number of rotatable bonds is 10. The molecule has 0 saturated heterocycles. The van der Waals surface area contributed by atoms with Crippen LogP contribution in [-0.4, -0.2) is 11.9 Å². The van der Waals surface area contributed by atoms with Crippen LogP contribution in [0.3, 0.4) is 0 Å². The number of hydrogen-bond acceptors (Lipinski definition) is 7. The highest BCUT2D eigenvalue weighted by Crippen LogP contribution is 2.32. The van der Waals surface area contributed by atoms with E-state index >= 15 is 0 Å². The lowest BCUT2D eigenvalue weighted by Gasteiger charge is -2.12. The number of carbonyl (C=O) groups excluding carboxylic acids is 2. The Labute approximate surface area is 175 Å². The first-order chi connectivity index (χ1) is 14.4. The molecule has 2 aromatic rings. The average Bonchev–Trinajstić information content (AvgIpc) is 2.71. The molecule has 0 aliphatic rings. The average molecular weight is 430 g/mol. The summed E-state index contributed by atoms with van der Waals surface area (Å²) in [6.07, 6.45) is 3.72.